The van der Waals surface area contributed by atoms with Crippen LogP contribution in [0.3, 0.4) is 0 Å². The Morgan fingerprint density at radius 1 is 0.824 bits per heavy atom. The summed E-state index contributed by atoms with van der Waals surface area (Å²) in [5.74, 6) is -0.951. The smallest absolute Gasteiger partial charge is 0.862 e. The van der Waals surface area contributed by atoms with Gasteiger partial charge in [0.25, 0.3) is 0 Å². The second-order valence-electron chi connectivity index (χ2n) is 2.31. The molecule has 0 aliphatic carbocycles. The molecule has 10 N–H and O–H groups in total. The molecule has 108 valence electrons. The summed E-state index contributed by atoms with van der Waals surface area (Å²) in [4.78, 5) is 7.03. The van der Waals surface area contributed by atoms with Gasteiger partial charge in [-0.25, -0.2) is 0 Å². The molecule has 0 amide bonds. The van der Waals surface area contributed by atoms with E-state index < -0.39 is 11.8 Å². The largest absolute Gasteiger partial charge is 2.00 e. The zero-order chi connectivity index (χ0) is 10.1. The van der Waals surface area contributed by atoms with Crippen molar-refractivity contribution in [3.8, 4) is 0 Å². The Balaban J connectivity index is -0.000000120. The average Bonchev–Trinajstić information content (AvgIpc) is 2.11. The molecule has 0 saturated carbocycles. The van der Waals surface area contributed by atoms with Gasteiger partial charge >= 0.3 is 20.4 Å². The molecule has 0 radical (unpaired) electrons. The molecule has 0 atom stereocenters. The topological polar surface area (TPSA) is 217 Å². The Morgan fingerprint density at radius 2 is 1.12 bits per heavy atom. The Labute approximate surface area is 113 Å². The van der Waals surface area contributed by atoms with Gasteiger partial charge in [0, 0.05) is 19.5 Å². The van der Waals surface area contributed by atoms with Crippen LogP contribution in [0.4, 0.5) is 0 Å². The maximum atomic E-state index is 10.8. The van der Waals surface area contributed by atoms with Crippen LogP contribution in [0.1, 0.15) is 6.42 Å². The Morgan fingerprint density at radius 3 is 1.35 bits per heavy atom. The zero-order valence-electron chi connectivity index (χ0n) is 9.22. The summed E-state index contributed by atoms with van der Waals surface area (Å²) >= 11 is 0. The van der Waals surface area contributed by atoms with Gasteiger partial charge in [0.2, 0.25) is 0 Å². The molecule has 0 heterocycles. The molecule has 0 bridgehead atoms. The molecule has 0 aromatic carbocycles. The molecule has 0 aliphatic heterocycles. The SMILES string of the molecule is NCCN=C([O-])CC([O-])=NCCN.O.O.O.[Pd+2]. The first-order valence-corrected chi connectivity index (χ1v) is 4.01. The minimum absolute atomic E-state index is 0. The molecule has 0 saturated heterocycles. The Kier molecular flexibility index (Phi) is 36.6. The first-order valence-electron chi connectivity index (χ1n) is 4.01. The normalized spacial score (nSPS) is 10.2. The van der Waals surface area contributed by atoms with Crippen molar-refractivity contribution in [1.82, 2.24) is 0 Å². The van der Waals surface area contributed by atoms with Crippen molar-refractivity contribution in [2.45, 2.75) is 6.42 Å². The van der Waals surface area contributed by atoms with Crippen molar-refractivity contribution in [1.29, 1.82) is 0 Å². The van der Waals surface area contributed by atoms with Crippen LogP contribution in [0, 0.1) is 0 Å². The Hall–Kier alpha value is -0.598. The third-order valence-corrected chi connectivity index (χ3v) is 1.14. The standard InChI is InChI=1S/C7H16N4O2.3H2O.Pd/c8-1-3-10-6(12)5-7(13)11-4-2-9;;;;/h1-5,8-9H2,(H,10,12)(H,11,13);3*1H2;/q;;;;+2/p-2. The summed E-state index contributed by atoms with van der Waals surface area (Å²) < 4.78 is 0. The number of nitrogens with zero attached hydrogens (tertiary/aromatic N) is 2. The monoisotopic (exact) mass is 346 g/mol. The van der Waals surface area contributed by atoms with Crippen LogP contribution in [0.2, 0.25) is 0 Å². The van der Waals surface area contributed by atoms with Crippen LogP contribution in [0.15, 0.2) is 9.98 Å². The van der Waals surface area contributed by atoms with Crippen molar-refractivity contribution in [2.24, 2.45) is 21.5 Å². The summed E-state index contributed by atoms with van der Waals surface area (Å²) in [6, 6.07) is 0. The first-order chi connectivity index (χ1) is 6.20. The molecule has 17 heavy (non-hydrogen) atoms. The molecule has 9 nitrogen and oxygen atoms in total. The van der Waals surface area contributed by atoms with Crippen molar-refractivity contribution in [3.05, 3.63) is 0 Å². The van der Waals surface area contributed by atoms with Gasteiger partial charge in [-0.05, 0) is 11.8 Å². The van der Waals surface area contributed by atoms with Crippen LogP contribution in [-0.2, 0) is 20.4 Å². The van der Waals surface area contributed by atoms with Crippen molar-refractivity contribution in [3.63, 3.8) is 0 Å². The van der Waals surface area contributed by atoms with Gasteiger partial charge in [-0.1, -0.05) is 0 Å². The van der Waals surface area contributed by atoms with Gasteiger partial charge in [0.05, 0.1) is 13.1 Å². The van der Waals surface area contributed by atoms with Gasteiger partial charge in [0.15, 0.2) is 0 Å². The fraction of sp³-hybridized carbons (Fsp3) is 0.714. The van der Waals surface area contributed by atoms with Crippen LogP contribution in [0.5, 0.6) is 0 Å². The average molecular weight is 347 g/mol. The number of aliphatic imine (C=N–C) groups is 2. The van der Waals surface area contributed by atoms with Crippen LogP contribution >= 0.6 is 0 Å². The van der Waals surface area contributed by atoms with E-state index in [1.807, 2.05) is 0 Å². The third kappa shape index (κ3) is 21.3. The van der Waals surface area contributed by atoms with Gasteiger partial charge in [-0.2, -0.15) is 0 Å². The minimum Gasteiger partial charge on any atom is -0.862 e. The molecule has 0 aromatic rings. The second-order valence-corrected chi connectivity index (χ2v) is 2.31. The van der Waals surface area contributed by atoms with Gasteiger partial charge < -0.3 is 48.1 Å². The number of nitrogens with two attached hydrogens (primary N) is 2. The van der Waals surface area contributed by atoms with Crippen molar-refractivity contribution in [2.75, 3.05) is 26.2 Å². The van der Waals surface area contributed by atoms with E-state index in [9.17, 15) is 10.2 Å². The maximum absolute atomic E-state index is 10.8. The molecular weight excluding hydrogens is 327 g/mol. The molecule has 0 unspecified atom stereocenters. The third-order valence-electron chi connectivity index (χ3n) is 1.14. The van der Waals surface area contributed by atoms with E-state index in [0.29, 0.717) is 13.1 Å². The molecule has 0 aromatic heterocycles. The van der Waals surface area contributed by atoms with Crippen LogP contribution in [0.25, 0.3) is 0 Å². The van der Waals surface area contributed by atoms with Crippen molar-refractivity contribution >= 4 is 11.8 Å². The molecular formula is C7H20N4O5Pd. The molecule has 10 heteroatoms. The fourth-order valence-electron chi connectivity index (χ4n) is 0.620. The van der Waals surface area contributed by atoms with E-state index in [0.717, 1.165) is 0 Å². The van der Waals surface area contributed by atoms with Crippen molar-refractivity contribution < 1.29 is 47.1 Å². The number of hydrogen-bond acceptors (Lipinski definition) is 6. The second kappa shape index (κ2) is 20.8. The summed E-state index contributed by atoms with van der Waals surface area (Å²) in [7, 11) is 0. The van der Waals surface area contributed by atoms with Gasteiger partial charge in [-0.15, -0.1) is 0 Å². The fourth-order valence-corrected chi connectivity index (χ4v) is 0.620. The van der Waals surface area contributed by atoms with E-state index in [2.05, 4.69) is 9.98 Å². The van der Waals surface area contributed by atoms with E-state index in [-0.39, 0.29) is 56.4 Å². The predicted molar refractivity (Wildman–Crippen MR) is 58.2 cm³/mol. The summed E-state index contributed by atoms with van der Waals surface area (Å²) in [5.41, 5.74) is 10.2. The van der Waals surface area contributed by atoms with Gasteiger partial charge in [0.1, 0.15) is 0 Å². The summed E-state index contributed by atoms with van der Waals surface area (Å²) in [6.45, 7) is 1.12. The number of rotatable bonds is 6. The quantitative estimate of drug-likeness (QED) is 0.272. The zero-order valence-corrected chi connectivity index (χ0v) is 10.8. The molecule has 0 aliphatic rings. The minimum atomic E-state index is -0.476. The maximum Gasteiger partial charge on any atom is 2.00 e. The van der Waals surface area contributed by atoms with Crippen LogP contribution < -0.4 is 21.7 Å². The van der Waals surface area contributed by atoms with Gasteiger partial charge in [-0.3, -0.25) is 0 Å². The predicted octanol–water partition coefficient (Wildman–Crippen LogP) is -5.67. The molecule has 0 spiro atoms. The van der Waals surface area contributed by atoms with E-state index in [1.54, 1.807) is 0 Å². The van der Waals surface area contributed by atoms with E-state index in [4.69, 9.17) is 11.5 Å². The molecule has 0 rings (SSSR count). The number of hydrogen-bond donors (Lipinski definition) is 2. The van der Waals surface area contributed by atoms with Crippen LogP contribution in [-0.4, -0.2) is 54.4 Å². The summed E-state index contributed by atoms with van der Waals surface area (Å²) in [5, 5.41) is 21.7. The first kappa shape index (κ1) is 29.9. The Bertz CT molecular complexity index is 183. The molecule has 0 fully saturated rings. The summed E-state index contributed by atoms with van der Waals surface area (Å²) in [6.07, 6.45) is -0.278. The van der Waals surface area contributed by atoms with E-state index in [1.165, 1.54) is 0 Å². The van der Waals surface area contributed by atoms with E-state index >= 15 is 0 Å².